The average molecular weight is 401 g/mol. The highest BCUT2D eigenvalue weighted by molar-refractivity contribution is 9.10. The van der Waals surface area contributed by atoms with E-state index in [1.165, 1.54) is 0 Å². The fourth-order valence-electron chi connectivity index (χ4n) is 2.95. The van der Waals surface area contributed by atoms with Crippen molar-refractivity contribution in [2.75, 3.05) is 5.32 Å². The third kappa shape index (κ3) is 3.09. The molecular weight excluding hydrogens is 384 g/mol. The number of rotatable bonds is 4. The predicted molar refractivity (Wildman–Crippen MR) is 98.3 cm³/mol. The molecule has 0 bridgehead atoms. The van der Waals surface area contributed by atoms with Crippen LogP contribution in [0.4, 0.5) is 5.69 Å². The number of fused-ring (bicyclic) bond motifs is 1. The largest absolute Gasteiger partial charge is 0.323 e. The summed E-state index contributed by atoms with van der Waals surface area (Å²) in [5.41, 5.74) is 1.27. The lowest BCUT2D eigenvalue weighted by molar-refractivity contribution is -0.121. The Balaban J connectivity index is 1.92. The normalized spacial score (nSPS) is 14.6. The number of imide groups is 1. The minimum Gasteiger partial charge on any atom is -0.323 e. The molecule has 2 aromatic rings. The monoisotopic (exact) mass is 400 g/mol. The maximum absolute atomic E-state index is 12.9. The van der Waals surface area contributed by atoms with Gasteiger partial charge in [-0.3, -0.25) is 19.3 Å². The van der Waals surface area contributed by atoms with Crippen LogP contribution in [0.2, 0.25) is 0 Å². The van der Waals surface area contributed by atoms with E-state index >= 15 is 0 Å². The maximum Gasteiger partial charge on any atom is 0.262 e. The summed E-state index contributed by atoms with van der Waals surface area (Å²) >= 11 is 3.38. The number of benzene rings is 2. The number of hydrogen-bond donors (Lipinski definition) is 1. The van der Waals surface area contributed by atoms with E-state index in [2.05, 4.69) is 21.2 Å². The van der Waals surface area contributed by atoms with E-state index in [9.17, 15) is 14.4 Å². The first-order valence-electron chi connectivity index (χ1n) is 7.94. The number of para-hydroxylation sites is 1. The third-order valence-corrected chi connectivity index (χ3v) is 4.83. The Bertz CT molecular complexity index is 828. The minimum atomic E-state index is -0.889. The number of hydrogen-bond acceptors (Lipinski definition) is 3. The lowest BCUT2D eigenvalue weighted by Crippen LogP contribution is -2.50. The zero-order chi connectivity index (χ0) is 18.1. The van der Waals surface area contributed by atoms with Crippen molar-refractivity contribution in [3.05, 3.63) is 64.1 Å². The molecule has 0 aliphatic carbocycles. The molecule has 0 radical (unpaired) electrons. The molecule has 2 aromatic carbocycles. The van der Waals surface area contributed by atoms with Crippen molar-refractivity contribution in [2.45, 2.75) is 19.9 Å². The van der Waals surface area contributed by atoms with Crippen LogP contribution in [0.15, 0.2) is 53.0 Å². The summed E-state index contributed by atoms with van der Waals surface area (Å²) in [6, 6.07) is 12.9. The van der Waals surface area contributed by atoms with Crippen LogP contribution >= 0.6 is 15.9 Å². The van der Waals surface area contributed by atoms with Crippen molar-refractivity contribution in [1.82, 2.24) is 4.90 Å². The van der Waals surface area contributed by atoms with Gasteiger partial charge in [0.05, 0.1) is 16.8 Å². The highest BCUT2D eigenvalue weighted by Crippen LogP contribution is 2.28. The highest BCUT2D eigenvalue weighted by Gasteiger charge is 2.43. The molecule has 0 saturated heterocycles. The second kappa shape index (κ2) is 6.80. The maximum atomic E-state index is 12.9. The molecule has 1 unspecified atom stereocenters. The fourth-order valence-corrected chi connectivity index (χ4v) is 3.33. The summed E-state index contributed by atoms with van der Waals surface area (Å²) in [7, 11) is 0. The van der Waals surface area contributed by atoms with Crippen LogP contribution in [0.1, 0.15) is 34.6 Å². The highest BCUT2D eigenvalue weighted by atomic mass is 79.9. The van der Waals surface area contributed by atoms with Gasteiger partial charge in [0.15, 0.2) is 0 Å². The van der Waals surface area contributed by atoms with Crippen LogP contribution in [0, 0.1) is 5.92 Å². The molecule has 1 aliphatic rings. The lowest BCUT2D eigenvalue weighted by atomic mass is 10.0. The van der Waals surface area contributed by atoms with Gasteiger partial charge < -0.3 is 5.32 Å². The Kier molecular flexibility index (Phi) is 4.72. The van der Waals surface area contributed by atoms with E-state index in [1.807, 2.05) is 26.0 Å². The molecule has 1 atom stereocenters. The molecule has 3 rings (SSSR count). The Morgan fingerprint density at radius 2 is 1.48 bits per heavy atom. The number of amides is 3. The summed E-state index contributed by atoms with van der Waals surface area (Å²) in [5, 5.41) is 2.80. The van der Waals surface area contributed by atoms with E-state index in [0.717, 1.165) is 9.37 Å². The van der Waals surface area contributed by atoms with Gasteiger partial charge in [0.2, 0.25) is 5.91 Å². The molecule has 1 N–H and O–H groups in total. The summed E-state index contributed by atoms with van der Waals surface area (Å²) < 4.78 is 0.730. The average Bonchev–Trinajstić information content (AvgIpc) is 2.83. The molecule has 0 aromatic heterocycles. The topological polar surface area (TPSA) is 66.5 Å². The van der Waals surface area contributed by atoms with Gasteiger partial charge in [0, 0.05) is 4.47 Å². The first kappa shape index (κ1) is 17.4. The predicted octanol–water partition coefficient (Wildman–Crippen LogP) is 3.71. The third-order valence-electron chi connectivity index (χ3n) is 4.14. The molecule has 1 aliphatic heterocycles. The van der Waals surface area contributed by atoms with Crippen LogP contribution in [-0.2, 0) is 4.79 Å². The van der Waals surface area contributed by atoms with Gasteiger partial charge in [-0.1, -0.05) is 38.1 Å². The lowest BCUT2D eigenvalue weighted by Gasteiger charge is -2.28. The standard InChI is InChI=1S/C19H17BrN2O3/c1-11(2)16(17(23)21-15-10-6-5-9-14(15)20)22-18(24)12-7-3-4-8-13(12)19(22)25/h3-11,16H,1-2H3,(H,21,23). The molecule has 0 spiro atoms. The molecule has 1 heterocycles. The summed E-state index contributed by atoms with van der Waals surface area (Å²) in [6.07, 6.45) is 0. The van der Waals surface area contributed by atoms with Crippen molar-refractivity contribution < 1.29 is 14.4 Å². The fraction of sp³-hybridized carbons (Fsp3) is 0.211. The Labute approximate surface area is 154 Å². The van der Waals surface area contributed by atoms with E-state index < -0.39 is 23.8 Å². The van der Waals surface area contributed by atoms with Crippen LogP contribution in [0.3, 0.4) is 0 Å². The Morgan fingerprint density at radius 3 is 2.00 bits per heavy atom. The van der Waals surface area contributed by atoms with Crippen LogP contribution in [0.5, 0.6) is 0 Å². The van der Waals surface area contributed by atoms with Gasteiger partial charge >= 0.3 is 0 Å². The quantitative estimate of drug-likeness (QED) is 0.795. The van der Waals surface area contributed by atoms with Crippen molar-refractivity contribution in [3.63, 3.8) is 0 Å². The minimum absolute atomic E-state index is 0.232. The van der Waals surface area contributed by atoms with E-state index in [1.54, 1.807) is 36.4 Å². The molecule has 3 amide bonds. The van der Waals surface area contributed by atoms with E-state index in [-0.39, 0.29) is 5.92 Å². The number of carbonyl (C=O) groups excluding carboxylic acids is 3. The van der Waals surface area contributed by atoms with Gasteiger partial charge in [0.25, 0.3) is 11.8 Å². The molecular formula is C19H17BrN2O3. The zero-order valence-electron chi connectivity index (χ0n) is 13.8. The molecule has 6 heteroatoms. The molecule has 0 fully saturated rings. The summed E-state index contributed by atoms with van der Waals surface area (Å²) in [5.74, 6) is -1.48. The van der Waals surface area contributed by atoms with E-state index in [4.69, 9.17) is 0 Å². The van der Waals surface area contributed by atoms with Crippen molar-refractivity contribution in [1.29, 1.82) is 0 Å². The molecule has 5 nitrogen and oxygen atoms in total. The summed E-state index contributed by atoms with van der Waals surface area (Å²) in [6.45, 7) is 3.63. The second-order valence-corrected chi connectivity index (χ2v) is 7.04. The second-order valence-electron chi connectivity index (χ2n) is 6.18. The van der Waals surface area contributed by atoms with Gasteiger partial charge in [-0.25, -0.2) is 0 Å². The molecule has 128 valence electrons. The number of carbonyl (C=O) groups is 3. The van der Waals surface area contributed by atoms with Crippen LogP contribution < -0.4 is 5.32 Å². The Morgan fingerprint density at radius 1 is 0.960 bits per heavy atom. The number of halogens is 1. The van der Waals surface area contributed by atoms with Gasteiger partial charge in [-0.15, -0.1) is 0 Å². The zero-order valence-corrected chi connectivity index (χ0v) is 15.4. The number of anilines is 1. The molecule has 25 heavy (non-hydrogen) atoms. The smallest absolute Gasteiger partial charge is 0.262 e. The van der Waals surface area contributed by atoms with Crippen molar-refractivity contribution in [3.8, 4) is 0 Å². The Hall–Kier alpha value is -2.47. The van der Waals surface area contributed by atoms with Crippen LogP contribution in [0.25, 0.3) is 0 Å². The van der Waals surface area contributed by atoms with Crippen molar-refractivity contribution >= 4 is 39.3 Å². The van der Waals surface area contributed by atoms with E-state index in [0.29, 0.717) is 16.8 Å². The first-order valence-corrected chi connectivity index (χ1v) is 8.73. The number of nitrogens with one attached hydrogen (secondary N) is 1. The summed E-state index contributed by atoms with van der Waals surface area (Å²) in [4.78, 5) is 39.3. The SMILES string of the molecule is CC(C)C(C(=O)Nc1ccccc1Br)N1C(=O)c2ccccc2C1=O. The van der Waals surface area contributed by atoms with Crippen LogP contribution in [-0.4, -0.2) is 28.7 Å². The molecule has 0 saturated carbocycles. The van der Waals surface area contributed by atoms with Gasteiger partial charge in [-0.05, 0) is 46.1 Å². The first-order chi connectivity index (χ1) is 11.9. The van der Waals surface area contributed by atoms with Gasteiger partial charge in [0.1, 0.15) is 6.04 Å². The number of nitrogens with zero attached hydrogens (tertiary/aromatic N) is 1. The van der Waals surface area contributed by atoms with Gasteiger partial charge in [-0.2, -0.15) is 0 Å². The van der Waals surface area contributed by atoms with Crippen molar-refractivity contribution in [2.24, 2.45) is 5.92 Å².